The lowest BCUT2D eigenvalue weighted by Crippen LogP contribution is -2.33. The van der Waals surface area contributed by atoms with E-state index in [1.807, 2.05) is 0 Å². The number of aliphatic hydroxyl groups excluding tert-OH is 1. The average Bonchev–Trinajstić information content (AvgIpc) is 2.30. The van der Waals surface area contributed by atoms with Crippen molar-refractivity contribution in [1.29, 1.82) is 0 Å². The first-order chi connectivity index (χ1) is 8.21. The minimum absolute atomic E-state index is 0.0485. The van der Waals surface area contributed by atoms with Gasteiger partial charge in [-0.1, -0.05) is 11.6 Å². The minimum atomic E-state index is -3.79. The highest BCUT2D eigenvalue weighted by molar-refractivity contribution is 7.89. The predicted molar refractivity (Wildman–Crippen MR) is 67.4 cm³/mol. The van der Waals surface area contributed by atoms with Gasteiger partial charge in [0.25, 0.3) is 0 Å². The highest BCUT2D eigenvalue weighted by Gasteiger charge is 2.25. The lowest BCUT2D eigenvalue weighted by molar-refractivity contribution is 0.281. The Labute approximate surface area is 111 Å². The topological polar surface area (TPSA) is 57.6 Å². The van der Waals surface area contributed by atoms with Crippen LogP contribution in [0.5, 0.6) is 0 Å². The van der Waals surface area contributed by atoms with Gasteiger partial charge in [-0.25, -0.2) is 12.8 Å². The maximum absolute atomic E-state index is 13.5. The molecular weight excluding hydrogens is 281 g/mol. The van der Waals surface area contributed by atoms with E-state index in [1.165, 1.54) is 13.1 Å². The van der Waals surface area contributed by atoms with E-state index in [1.54, 1.807) is 13.8 Å². The zero-order valence-corrected chi connectivity index (χ0v) is 11.9. The van der Waals surface area contributed by atoms with Crippen LogP contribution < -0.4 is 0 Å². The van der Waals surface area contributed by atoms with Gasteiger partial charge in [-0.2, -0.15) is 4.31 Å². The van der Waals surface area contributed by atoms with Gasteiger partial charge < -0.3 is 5.11 Å². The van der Waals surface area contributed by atoms with Crippen molar-refractivity contribution < 1.29 is 17.9 Å². The van der Waals surface area contributed by atoms with Gasteiger partial charge in [0.2, 0.25) is 10.0 Å². The van der Waals surface area contributed by atoms with E-state index < -0.39 is 22.4 Å². The van der Waals surface area contributed by atoms with Crippen LogP contribution in [0.4, 0.5) is 4.39 Å². The van der Waals surface area contributed by atoms with Crippen molar-refractivity contribution in [3.05, 3.63) is 28.5 Å². The first kappa shape index (κ1) is 15.4. The number of aliphatic hydroxyl groups is 1. The number of benzene rings is 1. The maximum Gasteiger partial charge on any atom is 0.243 e. The van der Waals surface area contributed by atoms with E-state index in [4.69, 9.17) is 16.7 Å². The molecule has 1 N–H and O–H groups in total. The number of halogens is 2. The summed E-state index contributed by atoms with van der Waals surface area (Å²) in [7, 11) is -2.38. The predicted octanol–water partition coefficient (Wildman–Crippen LogP) is 2.00. The summed E-state index contributed by atoms with van der Waals surface area (Å²) in [6.45, 7) is 2.89. The van der Waals surface area contributed by atoms with E-state index in [2.05, 4.69) is 0 Å². The molecule has 0 saturated heterocycles. The molecule has 0 radical (unpaired) electrons. The van der Waals surface area contributed by atoms with Gasteiger partial charge in [-0.15, -0.1) is 0 Å². The van der Waals surface area contributed by atoms with Crippen molar-refractivity contribution in [3.63, 3.8) is 0 Å². The zero-order chi connectivity index (χ0) is 14.1. The van der Waals surface area contributed by atoms with E-state index in [0.717, 1.165) is 10.4 Å². The largest absolute Gasteiger partial charge is 0.392 e. The molecule has 0 aliphatic rings. The summed E-state index contributed by atoms with van der Waals surface area (Å²) < 4.78 is 38.9. The normalized spacial score (nSPS) is 12.4. The lowest BCUT2D eigenvalue weighted by atomic mass is 10.2. The molecule has 0 aliphatic carbocycles. The molecule has 0 unspecified atom stereocenters. The first-order valence-corrected chi connectivity index (χ1v) is 7.10. The summed E-state index contributed by atoms with van der Waals surface area (Å²) in [5.41, 5.74) is 0.0485. The molecule has 4 nitrogen and oxygen atoms in total. The molecule has 0 heterocycles. The monoisotopic (exact) mass is 295 g/mol. The summed E-state index contributed by atoms with van der Waals surface area (Å²) >= 11 is 5.61. The Balaban J connectivity index is 3.39. The molecule has 0 bridgehead atoms. The smallest absolute Gasteiger partial charge is 0.243 e. The van der Waals surface area contributed by atoms with Crippen molar-refractivity contribution >= 4 is 21.6 Å². The molecule has 0 spiro atoms. The molecule has 0 aromatic heterocycles. The Morgan fingerprint density at radius 3 is 2.44 bits per heavy atom. The van der Waals surface area contributed by atoms with Crippen LogP contribution in [0.25, 0.3) is 0 Å². The van der Waals surface area contributed by atoms with Crippen molar-refractivity contribution in [2.45, 2.75) is 31.4 Å². The van der Waals surface area contributed by atoms with Crippen molar-refractivity contribution in [2.75, 3.05) is 7.05 Å². The Kier molecular flexibility index (Phi) is 4.72. The molecule has 1 aromatic carbocycles. The second-order valence-electron chi connectivity index (χ2n) is 4.15. The Hall–Kier alpha value is -0.690. The fraction of sp³-hybridized carbons (Fsp3) is 0.455. The van der Waals surface area contributed by atoms with Gasteiger partial charge in [-0.3, -0.25) is 0 Å². The third-order valence-corrected chi connectivity index (χ3v) is 5.09. The standard InChI is InChI=1S/C11H15ClFNO3S/c1-7(2)14(3)18(16,17)9-4-8(6-15)11(12)10(13)5-9/h4-5,7,15H,6H2,1-3H3. The van der Waals surface area contributed by atoms with Crippen LogP contribution in [-0.4, -0.2) is 30.9 Å². The van der Waals surface area contributed by atoms with Crippen LogP contribution in [-0.2, 0) is 16.6 Å². The van der Waals surface area contributed by atoms with Crippen molar-refractivity contribution in [3.8, 4) is 0 Å². The number of rotatable bonds is 4. The summed E-state index contributed by atoms with van der Waals surface area (Å²) in [6.07, 6.45) is 0. The average molecular weight is 296 g/mol. The van der Waals surface area contributed by atoms with Gasteiger partial charge >= 0.3 is 0 Å². The second kappa shape index (κ2) is 5.52. The Morgan fingerprint density at radius 2 is 2.00 bits per heavy atom. The molecule has 0 fully saturated rings. The first-order valence-electron chi connectivity index (χ1n) is 5.28. The SMILES string of the molecule is CC(C)N(C)S(=O)(=O)c1cc(F)c(Cl)c(CO)c1. The maximum atomic E-state index is 13.5. The lowest BCUT2D eigenvalue weighted by Gasteiger charge is -2.21. The van der Waals surface area contributed by atoms with E-state index in [-0.39, 0.29) is 21.5 Å². The van der Waals surface area contributed by atoms with E-state index in [0.29, 0.717) is 0 Å². The van der Waals surface area contributed by atoms with Gasteiger partial charge in [0.05, 0.1) is 16.5 Å². The van der Waals surface area contributed by atoms with Crippen LogP contribution in [0.1, 0.15) is 19.4 Å². The van der Waals surface area contributed by atoms with E-state index >= 15 is 0 Å². The van der Waals surface area contributed by atoms with Crippen molar-refractivity contribution in [1.82, 2.24) is 4.31 Å². The quantitative estimate of drug-likeness (QED) is 0.924. The number of nitrogens with zero attached hydrogens (tertiary/aromatic N) is 1. The highest BCUT2D eigenvalue weighted by atomic mass is 35.5. The summed E-state index contributed by atoms with van der Waals surface area (Å²) in [5, 5.41) is 8.76. The van der Waals surface area contributed by atoms with Crippen LogP contribution in [0, 0.1) is 5.82 Å². The number of hydrogen-bond acceptors (Lipinski definition) is 3. The van der Waals surface area contributed by atoms with Crippen LogP contribution >= 0.6 is 11.6 Å². The fourth-order valence-corrected chi connectivity index (χ4v) is 2.93. The summed E-state index contributed by atoms with van der Waals surface area (Å²) in [5.74, 6) is -0.862. The van der Waals surface area contributed by atoms with Gasteiger partial charge in [0.1, 0.15) is 5.82 Å². The fourth-order valence-electron chi connectivity index (χ4n) is 1.33. The van der Waals surface area contributed by atoms with E-state index in [9.17, 15) is 12.8 Å². The molecule has 1 aromatic rings. The molecule has 0 saturated carbocycles. The van der Waals surface area contributed by atoms with Gasteiger partial charge in [0, 0.05) is 18.7 Å². The molecule has 0 aliphatic heterocycles. The zero-order valence-electron chi connectivity index (χ0n) is 10.3. The third kappa shape index (κ3) is 2.83. The number of sulfonamides is 1. The van der Waals surface area contributed by atoms with Gasteiger partial charge in [-0.05, 0) is 26.0 Å². The van der Waals surface area contributed by atoms with Crippen LogP contribution in [0.3, 0.4) is 0 Å². The minimum Gasteiger partial charge on any atom is -0.392 e. The molecule has 0 amide bonds. The van der Waals surface area contributed by atoms with Crippen molar-refractivity contribution in [2.24, 2.45) is 0 Å². The molecule has 18 heavy (non-hydrogen) atoms. The third-order valence-electron chi connectivity index (χ3n) is 2.65. The molecule has 102 valence electrons. The Morgan fingerprint density at radius 1 is 1.44 bits per heavy atom. The molecule has 0 atom stereocenters. The second-order valence-corrected chi connectivity index (χ2v) is 6.53. The number of hydrogen-bond donors (Lipinski definition) is 1. The summed E-state index contributed by atoms with van der Waals surface area (Å²) in [6, 6.07) is 1.78. The molecule has 1 rings (SSSR count). The molecular formula is C11H15ClFNO3S. The Bertz CT molecular complexity index is 545. The molecule has 7 heteroatoms. The highest BCUT2D eigenvalue weighted by Crippen LogP contribution is 2.26. The van der Waals surface area contributed by atoms with Gasteiger partial charge in [0.15, 0.2) is 0 Å². The van der Waals surface area contributed by atoms with Crippen LogP contribution in [0.15, 0.2) is 17.0 Å². The van der Waals surface area contributed by atoms with Crippen LogP contribution in [0.2, 0.25) is 5.02 Å². The summed E-state index contributed by atoms with van der Waals surface area (Å²) in [4.78, 5) is -0.218.